The van der Waals surface area contributed by atoms with E-state index in [4.69, 9.17) is 11.6 Å². The van der Waals surface area contributed by atoms with Crippen LogP contribution >= 0.6 is 11.6 Å². The van der Waals surface area contributed by atoms with Crippen molar-refractivity contribution in [3.8, 4) is 0 Å². The first-order chi connectivity index (χ1) is 12.3. The largest absolute Gasteiger partial charge is 0.359 e. The van der Waals surface area contributed by atoms with Gasteiger partial charge in [0, 0.05) is 23.0 Å². The minimum atomic E-state index is -3.30. The molecule has 0 unspecified atom stereocenters. The molecule has 0 fully saturated rings. The number of sulfone groups is 1. The van der Waals surface area contributed by atoms with Gasteiger partial charge in [0.2, 0.25) is 0 Å². The standard InChI is InChI=1S/C19H18ClN3O2S/c1-13-10-18(22-12-21-13)23-19(14-6-8-16(20)9-7-14)15-4-3-5-17(11-15)26(2,24)25/h3-12,19H,1-2H3,(H,21,22,23)/t19-/m1/s1. The summed E-state index contributed by atoms with van der Waals surface area (Å²) in [7, 11) is -3.30. The van der Waals surface area contributed by atoms with Gasteiger partial charge in [-0.15, -0.1) is 0 Å². The molecule has 0 bridgehead atoms. The van der Waals surface area contributed by atoms with Crippen molar-refractivity contribution in [1.82, 2.24) is 9.97 Å². The SMILES string of the molecule is Cc1cc(N[C@H](c2ccc(Cl)cc2)c2cccc(S(C)(=O)=O)c2)ncn1. The molecule has 0 aliphatic carbocycles. The number of nitrogens with one attached hydrogen (secondary N) is 1. The normalized spacial score (nSPS) is 12.6. The van der Waals surface area contributed by atoms with Gasteiger partial charge < -0.3 is 5.32 Å². The molecular formula is C19H18ClN3O2S. The van der Waals surface area contributed by atoms with Crippen molar-refractivity contribution in [2.24, 2.45) is 0 Å². The maximum Gasteiger partial charge on any atom is 0.175 e. The topological polar surface area (TPSA) is 72.0 Å². The van der Waals surface area contributed by atoms with E-state index in [2.05, 4.69) is 15.3 Å². The van der Waals surface area contributed by atoms with Crippen molar-refractivity contribution < 1.29 is 8.42 Å². The van der Waals surface area contributed by atoms with Gasteiger partial charge in [-0.2, -0.15) is 0 Å². The number of aryl methyl sites for hydroxylation is 1. The van der Waals surface area contributed by atoms with E-state index in [1.54, 1.807) is 30.3 Å². The highest BCUT2D eigenvalue weighted by molar-refractivity contribution is 7.90. The van der Waals surface area contributed by atoms with Crippen LogP contribution in [0.1, 0.15) is 22.9 Å². The first-order valence-electron chi connectivity index (χ1n) is 7.93. The minimum absolute atomic E-state index is 0.273. The van der Waals surface area contributed by atoms with E-state index in [9.17, 15) is 8.42 Å². The molecule has 1 heterocycles. The van der Waals surface area contributed by atoms with Gasteiger partial charge in [-0.25, -0.2) is 18.4 Å². The van der Waals surface area contributed by atoms with Crippen molar-refractivity contribution in [1.29, 1.82) is 0 Å². The smallest absolute Gasteiger partial charge is 0.175 e. The molecule has 0 aliphatic heterocycles. The zero-order valence-electron chi connectivity index (χ0n) is 14.3. The molecule has 0 saturated carbocycles. The van der Waals surface area contributed by atoms with Gasteiger partial charge in [0.05, 0.1) is 10.9 Å². The molecule has 26 heavy (non-hydrogen) atoms. The fourth-order valence-corrected chi connectivity index (χ4v) is 3.42. The molecular weight excluding hydrogens is 370 g/mol. The van der Waals surface area contributed by atoms with Crippen molar-refractivity contribution >= 4 is 27.3 Å². The van der Waals surface area contributed by atoms with E-state index < -0.39 is 9.84 Å². The van der Waals surface area contributed by atoms with E-state index in [0.29, 0.717) is 10.8 Å². The average molecular weight is 388 g/mol. The number of aromatic nitrogens is 2. The maximum atomic E-state index is 11.9. The number of nitrogens with zero attached hydrogens (tertiary/aromatic N) is 2. The number of hydrogen-bond acceptors (Lipinski definition) is 5. The summed E-state index contributed by atoms with van der Waals surface area (Å²) in [6.45, 7) is 1.88. The second-order valence-electron chi connectivity index (χ2n) is 6.02. The Morgan fingerprint density at radius 3 is 2.38 bits per heavy atom. The molecule has 0 saturated heterocycles. The van der Waals surface area contributed by atoms with E-state index in [1.165, 1.54) is 12.6 Å². The fourth-order valence-electron chi connectivity index (χ4n) is 2.62. The van der Waals surface area contributed by atoms with Gasteiger partial charge in [0.25, 0.3) is 0 Å². The zero-order valence-corrected chi connectivity index (χ0v) is 15.9. The van der Waals surface area contributed by atoms with Crippen LogP contribution in [-0.2, 0) is 9.84 Å². The molecule has 2 aromatic carbocycles. The van der Waals surface area contributed by atoms with Crippen LogP contribution in [0.25, 0.3) is 0 Å². The lowest BCUT2D eigenvalue weighted by atomic mass is 9.98. The first kappa shape index (κ1) is 18.4. The lowest BCUT2D eigenvalue weighted by Crippen LogP contribution is -2.14. The lowest BCUT2D eigenvalue weighted by Gasteiger charge is -2.21. The van der Waals surface area contributed by atoms with Crippen LogP contribution < -0.4 is 5.32 Å². The van der Waals surface area contributed by atoms with Crippen LogP contribution in [0.4, 0.5) is 5.82 Å². The van der Waals surface area contributed by atoms with Crippen LogP contribution in [0.2, 0.25) is 5.02 Å². The van der Waals surface area contributed by atoms with Gasteiger partial charge in [-0.05, 0) is 42.3 Å². The molecule has 5 nitrogen and oxygen atoms in total. The Labute approximate surface area is 158 Å². The Morgan fingerprint density at radius 2 is 1.73 bits per heavy atom. The molecule has 0 amide bonds. The Kier molecular flexibility index (Phi) is 5.25. The van der Waals surface area contributed by atoms with Crippen molar-refractivity contribution in [3.63, 3.8) is 0 Å². The minimum Gasteiger partial charge on any atom is -0.359 e. The summed E-state index contributed by atoms with van der Waals surface area (Å²) in [5, 5.41) is 4.00. The van der Waals surface area contributed by atoms with Crippen molar-refractivity contribution in [3.05, 3.63) is 82.8 Å². The highest BCUT2D eigenvalue weighted by Crippen LogP contribution is 2.28. The Bertz CT molecular complexity index is 1020. The van der Waals surface area contributed by atoms with Gasteiger partial charge in [-0.3, -0.25) is 0 Å². The predicted molar refractivity (Wildman–Crippen MR) is 103 cm³/mol. The van der Waals surface area contributed by atoms with Gasteiger partial charge in [0.1, 0.15) is 12.1 Å². The van der Waals surface area contributed by atoms with Crippen LogP contribution in [0.5, 0.6) is 0 Å². The van der Waals surface area contributed by atoms with Gasteiger partial charge in [-0.1, -0.05) is 35.9 Å². The van der Waals surface area contributed by atoms with Crippen molar-refractivity contribution in [2.45, 2.75) is 17.9 Å². The van der Waals surface area contributed by atoms with E-state index in [-0.39, 0.29) is 10.9 Å². The zero-order chi connectivity index (χ0) is 18.7. The predicted octanol–water partition coefficient (Wildman–Crippen LogP) is 4.04. The number of rotatable bonds is 5. The molecule has 1 atom stereocenters. The van der Waals surface area contributed by atoms with Gasteiger partial charge in [0.15, 0.2) is 9.84 Å². The molecule has 0 radical (unpaired) electrons. The Balaban J connectivity index is 2.07. The van der Waals surface area contributed by atoms with Crippen LogP contribution in [0.3, 0.4) is 0 Å². The first-order valence-corrected chi connectivity index (χ1v) is 10.2. The Morgan fingerprint density at radius 1 is 1.00 bits per heavy atom. The second kappa shape index (κ2) is 7.43. The summed E-state index contributed by atoms with van der Waals surface area (Å²) in [5.74, 6) is 0.655. The van der Waals surface area contributed by atoms with Crippen LogP contribution in [0.15, 0.2) is 65.8 Å². The quantitative estimate of drug-likeness (QED) is 0.715. The highest BCUT2D eigenvalue weighted by atomic mass is 35.5. The third-order valence-corrected chi connectivity index (χ3v) is 5.28. The number of benzene rings is 2. The van der Waals surface area contributed by atoms with Crippen LogP contribution in [-0.4, -0.2) is 24.6 Å². The summed E-state index contributed by atoms with van der Waals surface area (Å²) in [6.07, 6.45) is 2.69. The molecule has 1 aromatic heterocycles. The second-order valence-corrected chi connectivity index (χ2v) is 8.47. The monoisotopic (exact) mass is 387 g/mol. The molecule has 0 spiro atoms. The molecule has 7 heteroatoms. The third kappa shape index (κ3) is 4.39. The Hall–Kier alpha value is -2.44. The van der Waals surface area contributed by atoms with Crippen molar-refractivity contribution in [2.75, 3.05) is 11.6 Å². The third-order valence-electron chi connectivity index (χ3n) is 3.92. The highest BCUT2D eigenvalue weighted by Gasteiger charge is 2.17. The molecule has 0 aliphatic rings. The summed E-state index contributed by atoms with van der Waals surface area (Å²) in [6, 6.07) is 15.8. The van der Waals surface area contributed by atoms with E-state index >= 15 is 0 Å². The lowest BCUT2D eigenvalue weighted by molar-refractivity contribution is 0.601. The summed E-state index contributed by atoms with van der Waals surface area (Å²) in [4.78, 5) is 8.63. The van der Waals surface area contributed by atoms with Gasteiger partial charge >= 0.3 is 0 Å². The summed E-state index contributed by atoms with van der Waals surface area (Å²) < 4.78 is 23.9. The summed E-state index contributed by atoms with van der Waals surface area (Å²) >= 11 is 6.01. The van der Waals surface area contributed by atoms with E-state index in [1.807, 2.05) is 31.2 Å². The molecule has 134 valence electrons. The molecule has 1 N–H and O–H groups in total. The fraction of sp³-hybridized carbons (Fsp3) is 0.158. The average Bonchev–Trinajstić information content (AvgIpc) is 2.60. The number of hydrogen-bond donors (Lipinski definition) is 1. The molecule has 3 aromatic rings. The number of halogens is 1. The maximum absolute atomic E-state index is 11.9. The van der Waals surface area contributed by atoms with E-state index in [0.717, 1.165) is 16.8 Å². The molecule has 3 rings (SSSR count). The van der Waals surface area contributed by atoms with Crippen LogP contribution in [0, 0.1) is 6.92 Å². The summed E-state index contributed by atoms with van der Waals surface area (Å²) in [5.41, 5.74) is 2.59. The number of anilines is 1.